The number of carbonyl (C=O) groups excluding carboxylic acids is 1. The summed E-state index contributed by atoms with van der Waals surface area (Å²) < 4.78 is 0. The zero-order valence-corrected chi connectivity index (χ0v) is 7.73. The highest BCUT2D eigenvalue weighted by Crippen LogP contribution is 2.31. The van der Waals surface area contributed by atoms with Gasteiger partial charge >= 0.3 is 5.75 Å². The number of anilines is 1. The van der Waals surface area contributed by atoms with Crippen LogP contribution in [0.3, 0.4) is 0 Å². The van der Waals surface area contributed by atoms with E-state index in [1.54, 1.807) is 19.5 Å². The van der Waals surface area contributed by atoms with Crippen LogP contribution in [-0.2, 0) is 0 Å². The minimum atomic E-state index is -0.165. The number of nitrogens with zero attached hydrogens (tertiary/aromatic N) is 1. The second-order valence-corrected chi connectivity index (χ2v) is 3.47. The predicted molar refractivity (Wildman–Crippen MR) is 49.8 cm³/mol. The van der Waals surface area contributed by atoms with Crippen molar-refractivity contribution < 1.29 is 9.90 Å². The summed E-state index contributed by atoms with van der Waals surface area (Å²) in [6.07, 6.45) is 0. The van der Waals surface area contributed by atoms with Crippen molar-refractivity contribution >= 4 is 22.9 Å². The fourth-order valence-electron chi connectivity index (χ4n) is 0.732. The number of carbonyl (C=O) groups is 1. The molecule has 0 aliphatic heterocycles. The Labute approximate surface area is 74.2 Å². The quantitative estimate of drug-likeness (QED) is 0.649. The molecule has 0 aliphatic carbocycles. The van der Waals surface area contributed by atoms with E-state index in [0.717, 1.165) is 0 Å². The van der Waals surface area contributed by atoms with E-state index in [1.807, 2.05) is 0 Å². The summed E-state index contributed by atoms with van der Waals surface area (Å²) in [4.78, 5) is 13.2. The molecular weight excluding hydrogens is 176 g/mol. The summed E-state index contributed by atoms with van der Waals surface area (Å²) in [5, 5.41) is 9.05. The molecule has 4 nitrogen and oxygen atoms in total. The van der Waals surface area contributed by atoms with E-state index in [9.17, 15) is 4.79 Å². The van der Waals surface area contributed by atoms with Crippen LogP contribution < -0.4 is 5.73 Å². The lowest BCUT2D eigenvalue weighted by Gasteiger charge is -2.06. The van der Waals surface area contributed by atoms with E-state index in [4.69, 9.17) is 10.8 Å². The number of amides is 1. The molecule has 1 amide bonds. The SMILES string of the molecule is CN(C)C(=O)c1scc(N)c1[OH2+]. The van der Waals surface area contributed by atoms with E-state index in [1.165, 1.54) is 16.2 Å². The van der Waals surface area contributed by atoms with Gasteiger partial charge in [-0.3, -0.25) is 4.79 Å². The Morgan fingerprint density at radius 1 is 1.67 bits per heavy atom. The first-order valence-corrected chi connectivity index (χ1v) is 4.22. The Balaban J connectivity index is 3.04. The van der Waals surface area contributed by atoms with Crippen LogP contribution in [0, 0.1) is 0 Å². The molecule has 1 rings (SSSR count). The molecule has 0 aliphatic rings. The maximum Gasteiger partial charge on any atom is 0.301 e. The van der Waals surface area contributed by atoms with Crippen LogP contribution in [-0.4, -0.2) is 30.0 Å². The van der Waals surface area contributed by atoms with Crippen LogP contribution in [0.25, 0.3) is 0 Å². The van der Waals surface area contributed by atoms with Gasteiger partial charge in [0, 0.05) is 19.5 Å². The molecule has 1 heterocycles. The summed E-state index contributed by atoms with van der Waals surface area (Å²) in [5.74, 6) is -0.0274. The molecule has 12 heavy (non-hydrogen) atoms. The van der Waals surface area contributed by atoms with Gasteiger partial charge < -0.3 is 15.7 Å². The third-order valence-corrected chi connectivity index (χ3v) is 2.41. The molecule has 0 fully saturated rings. The van der Waals surface area contributed by atoms with Crippen molar-refractivity contribution in [2.75, 3.05) is 19.8 Å². The molecule has 1 aromatic rings. The van der Waals surface area contributed by atoms with Crippen LogP contribution in [0.1, 0.15) is 9.67 Å². The van der Waals surface area contributed by atoms with Crippen molar-refractivity contribution in [1.82, 2.24) is 4.90 Å². The fraction of sp³-hybridized carbons (Fsp3) is 0.286. The van der Waals surface area contributed by atoms with Crippen molar-refractivity contribution in [3.8, 4) is 5.75 Å². The molecule has 0 aromatic carbocycles. The maximum absolute atomic E-state index is 11.3. The summed E-state index contributed by atoms with van der Waals surface area (Å²) in [7, 11) is 3.30. The molecule has 1 aromatic heterocycles. The van der Waals surface area contributed by atoms with Gasteiger partial charge in [-0.15, -0.1) is 11.3 Å². The first-order chi connectivity index (χ1) is 5.54. The van der Waals surface area contributed by atoms with Crippen LogP contribution in [0.5, 0.6) is 5.75 Å². The maximum atomic E-state index is 11.3. The Morgan fingerprint density at radius 3 is 2.58 bits per heavy atom. The Hall–Kier alpha value is -1.23. The number of nitrogens with two attached hydrogens (primary N) is 1. The van der Waals surface area contributed by atoms with Gasteiger partial charge in [0.2, 0.25) is 0 Å². The molecule has 66 valence electrons. The monoisotopic (exact) mass is 187 g/mol. The lowest BCUT2D eigenvalue weighted by Crippen LogP contribution is -2.20. The van der Waals surface area contributed by atoms with Gasteiger partial charge in [-0.25, -0.2) is 0 Å². The molecule has 0 radical (unpaired) electrons. The molecule has 0 saturated heterocycles. The smallest absolute Gasteiger partial charge is 0.301 e. The fourth-order valence-corrected chi connectivity index (χ4v) is 1.61. The van der Waals surface area contributed by atoms with E-state index in [-0.39, 0.29) is 11.7 Å². The number of thiophene rings is 1. The third-order valence-electron chi connectivity index (χ3n) is 1.42. The van der Waals surface area contributed by atoms with E-state index in [0.29, 0.717) is 10.6 Å². The third kappa shape index (κ3) is 1.35. The van der Waals surface area contributed by atoms with Crippen LogP contribution in [0.15, 0.2) is 5.38 Å². The van der Waals surface area contributed by atoms with Gasteiger partial charge in [-0.2, -0.15) is 0 Å². The molecule has 0 unspecified atom stereocenters. The second kappa shape index (κ2) is 3.02. The molecule has 0 spiro atoms. The van der Waals surface area contributed by atoms with E-state index < -0.39 is 0 Å². The second-order valence-electron chi connectivity index (χ2n) is 2.59. The normalized spacial score (nSPS) is 9.83. The number of nitrogen functional groups attached to an aromatic ring is 1. The van der Waals surface area contributed by atoms with Crippen molar-refractivity contribution in [3.63, 3.8) is 0 Å². The van der Waals surface area contributed by atoms with Crippen LogP contribution >= 0.6 is 11.3 Å². The topological polar surface area (TPSA) is 69.2 Å². The van der Waals surface area contributed by atoms with Gasteiger partial charge in [0.25, 0.3) is 5.91 Å². The van der Waals surface area contributed by atoms with Gasteiger partial charge in [-0.05, 0) is 0 Å². The van der Waals surface area contributed by atoms with Crippen molar-refractivity contribution in [2.45, 2.75) is 0 Å². The highest BCUT2D eigenvalue weighted by molar-refractivity contribution is 7.13. The average molecular weight is 187 g/mol. The Bertz CT molecular complexity index is 306. The van der Waals surface area contributed by atoms with Crippen molar-refractivity contribution in [2.24, 2.45) is 0 Å². The zero-order chi connectivity index (χ0) is 9.30. The summed E-state index contributed by atoms with van der Waals surface area (Å²) in [5.41, 5.74) is 5.80. The predicted octanol–water partition coefficient (Wildman–Crippen LogP) is 0.470. The van der Waals surface area contributed by atoms with E-state index in [2.05, 4.69) is 0 Å². The summed E-state index contributed by atoms with van der Waals surface area (Å²) in [6, 6.07) is 0. The minimum Gasteiger partial charge on any atom is -0.591 e. The summed E-state index contributed by atoms with van der Waals surface area (Å²) in [6.45, 7) is 0. The molecular formula is C7H11N2O2S+. The number of rotatable bonds is 1. The average Bonchev–Trinajstić information content (AvgIpc) is 2.32. The standard InChI is InChI=1S/C7H10N2O2S/c1-9(2)7(11)6-5(10)4(8)3-12-6/h3,10H,8H2,1-2H3/p+1. The number of hydrogen-bond donors (Lipinski definition) is 1. The Kier molecular flexibility index (Phi) is 2.23. The van der Waals surface area contributed by atoms with Crippen molar-refractivity contribution in [3.05, 3.63) is 10.3 Å². The first-order valence-electron chi connectivity index (χ1n) is 3.34. The van der Waals surface area contributed by atoms with Gasteiger partial charge in [0.15, 0.2) is 4.88 Å². The lowest BCUT2D eigenvalue weighted by molar-refractivity contribution is 0.0829. The molecule has 0 bridgehead atoms. The van der Waals surface area contributed by atoms with Gasteiger partial charge in [0.1, 0.15) is 5.69 Å². The largest absolute Gasteiger partial charge is 0.591 e. The van der Waals surface area contributed by atoms with Gasteiger partial charge in [0.05, 0.1) is 0 Å². The zero-order valence-electron chi connectivity index (χ0n) is 6.92. The minimum absolute atomic E-state index is 0.138. The number of hydrogen-bond acceptors (Lipinski definition) is 3. The van der Waals surface area contributed by atoms with Crippen LogP contribution in [0.4, 0.5) is 5.69 Å². The lowest BCUT2D eigenvalue weighted by atomic mass is 10.3. The molecule has 0 saturated carbocycles. The Morgan fingerprint density at radius 2 is 2.25 bits per heavy atom. The highest BCUT2D eigenvalue weighted by Gasteiger charge is 2.21. The highest BCUT2D eigenvalue weighted by atomic mass is 32.1. The first kappa shape index (κ1) is 8.86. The summed E-state index contributed by atoms with van der Waals surface area (Å²) >= 11 is 1.21. The van der Waals surface area contributed by atoms with Gasteiger partial charge in [-0.1, -0.05) is 0 Å². The van der Waals surface area contributed by atoms with E-state index >= 15 is 0 Å². The molecule has 4 N–H and O–H groups in total. The molecule has 5 heteroatoms. The molecule has 0 atom stereocenters. The van der Waals surface area contributed by atoms with Crippen molar-refractivity contribution in [1.29, 1.82) is 0 Å². The van der Waals surface area contributed by atoms with Crippen LogP contribution in [0.2, 0.25) is 0 Å².